The molecule has 3 N–H and O–H groups in total. The molecule has 1 saturated carbocycles. The number of aromatic nitrogens is 2. The maximum absolute atomic E-state index is 13.4. The normalized spacial score (nSPS) is 15.2. The minimum atomic E-state index is -0.488. The molecule has 0 spiro atoms. The molecular weight excluding hydrogens is 507 g/mol. The lowest BCUT2D eigenvalue weighted by atomic mass is 10.1. The monoisotopic (exact) mass is 528 g/mol. The van der Waals surface area contributed by atoms with Gasteiger partial charge in [-0.15, -0.1) is 0 Å². The summed E-state index contributed by atoms with van der Waals surface area (Å²) in [4.78, 5) is 55.6. The second-order valence-electron chi connectivity index (χ2n) is 8.64. The number of fused-ring (bicyclic) bond motifs is 1. The van der Waals surface area contributed by atoms with Crippen LogP contribution in [0.25, 0.3) is 10.9 Å². The van der Waals surface area contributed by atoms with Crippen molar-refractivity contribution in [1.82, 2.24) is 25.1 Å². The van der Waals surface area contributed by atoms with Gasteiger partial charge in [0.15, 0.2) is 0 Å². The van der Waals surface area contributed by atoms with E-state index in [9.17, 15) is 19.2 Å². The van der Waals surface area contributed by atoms with Crippen LogP contribution in [0.5, 0.6) is 0 Å². The Bertz CT molecular complexity index is 1380. The van der Waals surface area contributed by atoms with E-state index in [1.54, 1.807) is 23.2 Å². The van der Waals surface area contributed by atoms with Crippen molar-refractivity contribution in [2.45, 2.75) is 12.8 Å². The van der Waals surface area contributed by atoms with Gasteiger partial charge in [0, 0.05) is 55.4 Å². The van der Waals surface area contributed by atoms with Crippen LogP contribution in [0.15, 0.2) is 36.7 Å². The van der Waals surface area contributed by atoms with E-state index in [0.717, 1.165) is 12.8 Å². The second kappa shape index (κ2) is 9.79. The molecule has 0 bridgehead atoms. The van der Waals surface area contributed by atoms with E-state index in [-0.39, 0.29) is 45.6 Å². The number of nitrogens with zero attached hydrogens (tertiary/aromatic N) is 3. The number of hydrogen-bond acceptors (Lipinski definition) is 5. The summed E-state index contributed by atoms with van der Waals surface area (Å²) in [5.74, 6) is -0.605. The third-order valence-corrected chi connectivity index (χ3v) is 6.75. The molecule has 0 unspecified atom stereocenters. The van der Waals surface area contributed by atoms with Crippen molar-refractivity contribution in [3.05, 3.63) is 57.8 Å². The molecule has 3 heterocycles. The van der Waals surface area contributed by atoms with Gasteiger partial charge in [-0.1, -0.05) is 23.2 Å². The summed E-state index contributed by atoms with van der Waals surface area (Å²) in [7, 11) is 0. The maximum Gasteiger partial charge on any atom is 0.317 e. The Morgan fingerprint density at radius 3 is 2.56 bits per heavy atom. The van der Waals surface area contributed by atoms with Crippen LogP contribution in [0.4, 0.5) is 10.6 Å². The van der Waals surface area contributed by atoms with Crippen LogP contribution in [-0.2, 0) is 4.79 Å². The standard InChI is InChI=1S/C24H22Cl2N6O4/c25-16-11-14(21(33)28-6-9-31-10-7-29-24(31)36)12-17(26)19(16)23(35)32-8-4-15-18(32)3-5-27-20(15)30-22(34)13-1-2-13/h3-5,8,11-13H,1-2,6-7,9-10H2,(H,28,33)(H,29,36)(H,27,30,34). The molecule has 1 aliphatic carbocycles. The molecule has 1 aromatic carbocycles. The van der Waals surface area contributed by atoms with E-state index < -0.39 is 11.8 Å². The minimum absolute atomic E-state index is 0.0128. The summed E-state index contributed by atoms with van der Waals surface area (Å²) in [5, 5.41) is 8.90. The van der Waals surface area contributed by atoms with Gasteiger partial charge in [-0.25, -0.2) is 9.78 Å². The number of pyridine rings is 1. The molecule has 12 heteroatoms. The Hall–Kier alpha value is -3.63. The summed E-state index contributed by atoms with van der Waals surface area (Å²) >= 11 is 12.8. The van der Waals surface area contributed by atoms with Gasteiger partial charge in [-0.3, -0.25) is 19.0 Å². The van der Waals surface area contributed by atoms with Gasteiger partial charge in [0.05, 0.1) is 21.1 Å². The van der Waals surface area contributed by atoms with Gasteiger partial charge in [-0.05, 0) is 37.1 Å². The third kappa shape index (κ3) is 4.74. The largest absolute Gasteiger partial charge is 0.350 e. The lowest BCUT2D eigenvalue weighted by Crippen LogP contribution is -2.36. The molecule has 2 aromatic heterocycles. The van der Waals surface area contributed by atoms with Gasteiger partial charge < -0.3 is 20.9 Å². The fraction of sp³-hybridized carbons (Fsp3) is 0.292. The first-order chi connectivity index (χ1) is 17.3. The van der Waals surface area contributed by atoms with Crippen molar-refractivity contribution in [3.8, 4) is 0 Å². The Labute approximate surface area is 215 Å². The number of halogens is 2. The van der Waals surface area contributed by atoms with Crippen molar-refractivity contribution >= 4 is 63.7 Å². The molecule has 4 amide bonds. The Balaban J connectivity index is 1.33. The molecule has 0 radical (unpaired) electrons. The van der Waals surface area contributed by atoms with E-state index in [1.165, 1.54) is 22.9 Å². The van der Waals surface area contributed by atoms with Crippen LogP contribution in [-0.4, -0.2) is 64.4 Å². The zero-order valence-corrected chi connectivity index (χ0v) is 20.5. The predicted molar refractivity (Wildman–Crippen MR) is 135 cm³/mol. The Morgan fingerprint density at radius 2 is 1.89 bits per heavy atom. The molecule has 1 saturated heterocycles. The quantitative estimate of drug-likeness (QED) is 0.434. The van der Waals surface area contributed by atoms with Gasteiger partial charge in [0.1, 0.15) is 5.82 Å². The summed E-state index contributed by atoms with van der Waals surface area (Å²) in [6, 6.07) is 5.95. The molecule has 36 heavy (non-hydrogen) atoms. The van der Waals surface area contributed by atoms with E-state index in [2.05, 4.69) is 20.9 Å². The number of anilines is 1. The Morgan fingerprint density at radius 1 is 1.14 bits per heavy atom. The van der Waals surface area contributed by atoms with Crippen LogP contribution in [0.3, 0.4) is 0 Å². The zero-order valence-electron chi connectivity index (χ0n) is 19.0. The minimum Gasteiger partial charge on any atom is -0.350 e. The van der Waals surface area contributed by atoms with Gasteiger partial charge in [0.25, 0.3) is 11.8 Å². The number of carbonyl (C=O) groups is 4. The zero-order chi connectivity index (χ0) is 25.4. The van der Waals surface area contributed by atoms with Crippen molar-refractivity contribution in [3.63, 3.8) is 0 Å². The number of nitrogens with one attached hydrogen (secondary N) is 3. The summed E-state index contributed by atoms with van der Waals surface area (Å²) in [5.41, 5.74) is 0.765. The second-order valence-corrected chi connectivity index (χ2v) is 9.45. The van der Waals surface area contributed by atoms with Crippen LogP contribution in [0.1, 0.15) is 33.6 Å². The van der Waals surface area contributed by atoms with E-state index in [1.807, 2.05) is 0 Å². The highest BCUT2D eigenvalue weighted by Crippen LogP contribution is 2.32. The first-order valence-corrected chi connectivity index (χ1v) is 12.2. The number of rotatable bonds is 7. The van der Waals surface area contributed by atoms with Crippen LogP contribution in [0, 0.1) is 5.92 Å². The van der Waals surface area contributed by atoms with Crippen molar-refractivity contribution in [2.24, 2.45) is 5.92 Å². The van der Waals surface area contributed by atoms with Crippen LogP contribution < -0.4 is 16.0 Å². The van der Waals surface area contributed by atoms with Crippen LogP contribution >= 0.6 is 23.2 Å². The lowest BCUT2D eigenvalue weighted by molar-refractivity contribution is -0.117. The van der Waals surface area contributed by atoms with E-state index >= 15 is 0 Å². The topological polar surface area (TPSA) is 125 Å². The SMILES string of the molecule is O=C(NCCN1CCNC1=O)c1cc(Cl)c(C(=O)n2ccc3c(NC(=O)C4CC4)nccc32)c(Cl)c1. The van der Waals surface area contributed by atoms with Crippen LogP contribution in [0.2, 0.25) is 10.0 Å². The third-order valence-electron chi connectivity index (χ3n) is 6.16. The molecular formula is C24H22Cl2N6O4. The lowest BCUT2D eigenvalue weighted by Gasteiger charge is -2.15. The van der Waals surface area contributed by atoms with Gasteiger partial charge >= 0.3 is 6.03 Å². The summed E-state index contributed by atoms with van der Waals surface area (Å²) in [6.07, 6.45) is 4.80. The Kier molecular flexibility index (Phi) is 6.55. The van der Waals surface area contributed by atoms with Gasteiger partial charge in [-0.2, -0.15) is 0 Å². The number of hydrogen-bond donors (Lipinski definition) is 3. The van der Waals surface area contributed by atoms with E-state index in [0.29, 0.717) is 36.4 Å². The number of amides is 4. The van der Waals surface area contributed by atoms with Crippen molar-refractivity contribution in [2.75, 3.05) is 31.5 Å². The van der Waals surface area contributed by atoms with Crippen molar-refractivity contribution < 1.29 is 19.2 Å². The van der Waals surface area contributed by atoms with Crippen molar-refractivity contribution in [1.29, 1.82) is 0 Å². The molecule has 2 fully saturated rings. The first-order valence-electron chi connectivity index (χ1n) is 11.4. The molecule has 10 nitrogen and oxygen atoms in total. The average molecular weight is 529 g/mol. The molecule has 0 atom stereocenters. The number of urea groups is 1. The average Bonchev–Trinajstić information content (AvgIpc) is 3.49. The highest BCUT2D eigenvalue weighted by molar-refractivity contribution is 6.40. The first kappa shape index (κ1) is 24.1. The fourth-order valence-corrected chi connectivity index (χ4v) is 4.72. The predicted octanol–water partition coefficient (Wildman–Crippen LogP) is 3.14. The fourth-order valence-electron chi connectivity index (χ4n) is 4.07. The molecule has 186 valence electrons. The molecule has 5 rings (SSSR count). The molecule has 2 aliphatic rings. The maximum atomic E-state index is 13.4. The number of carbonyl (C=O) groups excluding carboxylic acids is 4. The summed E-state index contributed by atoms with van der Waals surface area (Å²) in [6.45, 7) is 1.79. The van der Waals surface area contributed by atoms with Gasteiger partial charge in [0.2, 0.25) is 5.91 Å². The van der Waals surface area contributed by atoms with E-state index in [4.69, 9.17) is 23.2 Å². The smallest absolute Gasteiger partial charge is 0.317 e. The molecule has 1 aliphatic heterocycles. The molecule has 3 aromatic rings. The summed E-state index contributed by atoms with van der Waals surface area (Å²) < 4.78 is 1.37. The highest BCUT2D eigenvalue weighted by Gasteiger charge is 2.30. The number of benzene rings is 1. The highest BCUT2D eigenvalue weighted by atomic mass is 35.5.